The number of piperidine rings is 1. The van der Waals surface area contributed by atoms with Gasteiger partial charge in [-0.25, -0.2) is 4.79 Å². The Morgan fingerprint density at radius 1 is 1.17 bits per heavy atom. The van der Waals surface area contributed by atoms with E-state index >= 15 is 0 Å². The van der Waals surface area contributed by atoms with E-state index in [4.69, 9.17) is 16.0 Å². The van der Waals surface area contributed by atoms with Gasteiger partial charge in [-0.05, 0) is 65.0 Å². The Morgan fingerprint density at radius 2 is 1.79 bits per heavy atom. The van der Waals surface area contributed by atoms with Crippen LogP contribution in [-0.4, -0.2) is 22.2 Å². The average molecular weight is 421 g/mol. The van der Waals surface area contributed by atoms with Crippen LogP contribution in [0.25, 0.3) is 11.0 Å². The van der Waals surface area contributed by atoms with Gasteiger partial charge in [-0.15, -0.1) is 0 Å². The molecule has 2 heterocycles. The van der Waals surface area contributed by atoms with Crippen LogP contribution in [0.15, 0.2) is 15.3 Å². The second-order valence-corrected chi connectivity index (χ2v) is 10.8. The van der Waals surface area contributed by atoms with Gasteiger partial charge in [0.15, 0.2) is 5.58 Å². The minimum absolute atomic E-state index is 0.0372. The van der Waals surface area contributed by atoms with Crippen molar-refractivity contribution >= 4 is 22.6 Å². The van der Waals surface area contributed by atoms with Crippen LogP contribution in [0.1, 0.15) is 70.1 Å². The van der Waals surface area contributed by atoms with Gasteiger partial charge >= 0.3 is 5.63 Å². The molecule has 158 valence electrons. The minimum atomic E-state index is -0.260. The molecule has 2 aromatic rings. The molecule has 1 aliphatic heterocycles. The Hall–Kier alpha value is -1.56. The molecule has 5 N–H and O–H groups in total. The third kappa shape index (κ3) is 4.05. The first-order valence-electron chi connectivity index (χ1n) is 10.8. The number of phenolic OH excluding ortho intramolecular Hbond substituents is 1. The molecule has 4 rings (SSSR count). The number of aromatic hydroxyl groups is 1. The maximum absolute atomic E-state index is 12.6. The van der Waals surface area contributed by atoms with Gasteiger partial charge in [-0.1, -0.05) is 11.6 Å². The third-order valence-electron chi connectivity index (χ3n) is 6.55. The molecular formula is C23H33ClN2O3+2. The number of nitrogens with two attached hydrogens (primary N) is 2. The van der Waals surface area contributed by atoms with Gasteiger partial charge in [-0.2, -0.15) is 0 Å². The second kappa shape index (κ2) is 7.29. The van der Waals surface area contributed by atoms with Crippen molar-refractivity contribution in [1.29, 1.82) is 0 Å². The summed E-state index contributed by atoms with van der Waals surface area (Å²) >= 11 is 6.40. The van der Waals surface area contributed by atoms with E-state index in [2.05, 4.69) is 38.3 Å². The standard InChI is InChI=1S/C23H31ClN2O3/c1-22(2)10-13(11-23(3,4)26-22)25-12-17-19(27)18(24)9-16-14-7-5-6-8-15(14)21(28)29-20(16)17/h9,13,25-27H,5-8,10-12H2,1-4H3/p+2. The van der Waals surface area contributed by atoms with E-state index in [9.17, 15) is 9.90 Å². The Kier molecular flexibility index (Phi) is 5.21. The summed E-state index contributed by atoms with van der Waals surface area (Å²) in [5.74, 6) is 0.0372. The lowest BCUT2D eigenvalue weighted by Gasteiger charge is -2.41. The zero-order valence-electron chi connectivity index (χ0n) is 17.9. The molecule has 1 saturated heterocycles. The predicted octanol–water partition coefficient (Wildman–Crippen LogP) is 2.38. The first-order chi connectivity index (χ1) is 13.6. The maximum atomic E-state index is 12.6. The topological polar surface area (TPSA) is 83.7 Å². The molecule has 0 saturated carbocycles. The van der Waals surface area contributed by atoms with Crippen LogP contribution in [0.3, 0.4) is 0 Å². The maximum Gasteiger partial charge on any atom is 0.339 e. The van der Waals surface area contributed by atoms with Gasteiger partial charge in [-0.3, -0.25) is 0 Å². The zero-order valence-corrected chi connectivity index (χ0v) is 18.7. The number of benzene rings is 1. The Balaban J connectivity index is 1.71. The van der Waals surface area contributed by atoms with E-state index < -0.39 is 0 Å². The van der Waals surface area contributed by atoms with Crippen LogP contribution in [0.2, 0.25) is 5.02 Å². The molecule has 0 unspecified atom stereocenters. The highest BCUT2D eigenvalue weighted by atomic mass is 35.5. The van der Waals surface area contributed by atoms with Gasteiger partial charge in [0.1, 0.15) is 12.3 Å². The summed E-state index contributed by atoms with van der Waals surface area (Å²) in [4.78, 5) is 12.6. The Morgan fingerprint density at radius 3 is 2.45 bits per heavy atom. The highest BCUT2D eigenvalue weighted by molar-refractivity contribution is 6.33. The smallest absolute Gasteiger partial charge is 0.339 e. The lowest BCUT2D eigenvalue weighted by Crippen LogP contribution is -3.09. The molecule has 0 radical (unpaired) electrons. The molecule has 1 aromatic heterocycles. The fourth-order valence-electron chi connectivity index (χ4n) is 5.84. The second-order valence-electron chi connectivity index (χ2n) is 10.3. The number of hydrogen-bond acceptors (Lipinski definition) is 3. The number of fused-ring (bicyclic) bond motifs is 3. The van der Waals surface area contributed by atoms with Crippen molar-refractivity contribution in [3.8, 4) is 5.75 Å². The molecule has 0 amide bonds. The van der Waals surface area contributed by atoms with Gasteiger partial charge in [0.2, 0.25) is 0 Å². The molecular weight excluding hydrogens is 388 g/mol. The van der Waals surface area contributed by atoms with Gasteiger partial charge in [0, 0.05) is 10.9 Å². The van der Waals surface area contributed by atoms with Crippen LogP contribution in [-0.2, 0) is 19.4 Å². The molecule has 29 heavy (non-hydrogen) atoms. The normalized spacial score (nSPS) is 21.3. The minimum Gasteiger partial charge on any atom is -0.506 e. The molecule has 0 bridgehead atoms. The number of halogens is 1. The largest absolute Gasteiger partial charge is 0.506 e. The fourth-order valence-corrected chi connectivity index (χ4v) is 6.06. The van der Waals surface area contributed by atoms with E-state index in [0.29, 0.717) is 28.8 Å². The van der Waals surface area contributed by atoms with E-state index in [0.717, 1.165) is 55.0 Å². The lowest BCUT2D eigenvalue weighted by molar-refractivity contribution is -0.816. The van der Waals surface area contributed by atoms with E-state index in [1.165, 1.54) is 0 Å². The quantitative estimate of drug-likeness (QED) is 0.666. The van der Waals surface area contributed by atoms with Crippen molar-refractivity contribution in [1.82, 2.24) is 0 Å². The molecule has 1 aliphatic carbocycles. The van der Waals surface area contributed by atoms with Crippen molar-refractivity contribution in [2.24, 2.45) is 0 Å². The van der Waals surface area contributed by atoms with Gasteiger partial charge in [0.25, 0.3) is 0 Å². The first-order valence-corrected chi connectivity index (χ1v) is 11.1. The molecule has 5 nitrogen and oxygen atoms in total. The SMILES string of the molecule is CC1(C)CC([NH2+]Cc2c(O)c(Cl)cc3c4c(c(=O)oc23)CCCC4)CC(C)(C)[NH2+]1. The molecule has 0 spiro atoms. The van der Waals surface area contributed by atoms with Crippen LogP contribution in [0.5, 0.6) is 5.75 Å². The van der Waals surface area contributed by atoms with Gasteiger partial charge < -0.3 is 20.2 Å². The highest BCUT2D eigenvalue weighted by Crippen LogP contribution is 2.37. The first kappa shape index (κ1) is 20.7. The Labute approximate surface area is 176 Å². The summed E-state index contributed by atoms with van der Waals surface area (Å²) in [6.45, 7) is 9.68. The third-order valence-corrected chi connectivity index (χ3v) is 6.84. The predicted molar refractivity (Wildman–Crippen MR) is 115 cm³/mol. The summed E-state index contributed by atoms with van der Waals surface area (Å²) in [7, 11) is 0. The van der Waals surface area contributed by atoms with E-state index in [1.807, 2.05) is 0 Å². The summed E-state index contributed by atoms with van der Waals surface area (Å²) < 4.78 is 5.75. The van der Waals surface area contributed by atoms with Crippen LogP contribution >= 0.6 is 11.6 Å². The van der Waals surface area contributed by atoms with Crippen LogP contribution < -0.4 is 16.3 Å². The fraction of sp³-hybridized carbons (Fsp3) is 0.609. The summed E-state index contributed by atoms with van der Waals surface area (Å²) in [6.07, 6.45) is 5.86. The number of phenols is 1. The van der Waals surface area contributed by atoms with Crippen molar-refractivity contribution in [3.05, 3.63) is 38.2 Å². The van der Waals surface area contributed by atoms with E-state index in [-0.39, 0.29) is 22.5 Å². The molecule has 0 atom stereocenters. The van der Waals surface area contributed by atoms with Crippen molar-refractivity contribution in [2.45, 2.75) is 89.9 Å². The molecule has 6 heteroatoms. The van der Waals surface area contributed by atoms with Gasteiger partial charge in [0.05, 0.1) is 40.5 Å². The summed E-state index contributed by atoms with van der Waals surface area (Å²) in [6, 6.07) is 2.20. The number of quaternary nitrogens is 2. The summed E-state index contributed by atoms with van der Waals surface area (Å²) in [5.41, 5.74) is 3.08. The van der Waals surface area contributed by atoms with Crippen molar-refractivity contribution in [3.63, 3.8) is 0 Å². The highest BCUT2D eigenvalue weighted by Gasteiger charge is 2.43. The number of aryl methyl sites for hydroxylation is 1. The lowest BCUT2D eigenvalue weighted by atomic mass is 9.79. The summed E-state index contributed by atoms with van der Waals surface area (Å²) in [5, 5.41) is 16.7. The van der Waals surface area contributed by atoms with Crippen molar-refractivity contribution in [2.75, 3.05) is 0 Å². The average Bonchev–Trinajstić information content (AvgIpc) is 2.61. The number of rotatable bonds is 3. The van der Waals surface area contributed by atoms with Crippen LogP contribution in [0, 0.1) is 0 Å². The Bertz CT molecular complexity index is 994. The monoisotopic (exact) mass is 420 g/mol. The number of hydrogen-bond donors (Lipinski definition) is 3. The van der Waals surface area contributed by atoms with E-state index in [1.54, 1.807) is 6.07 Å². The zero-order chi connectivity index (χ0) is 21.0. The van der Waals surface area contributed by atoms with Crippen LogP contribution in [0.4, 0.5) is 0 Å². The van der Waals surface area contributed by atoms with Crippen molar-refractivity contribution < 1.29 is 20.2 Å². The molecule has 2 aliphatic rings. The molecule has 1 aromatic carbocycles. The molecule has 1 fully saturated rings.